The second-order valence-electron chi connectivity index (χ2n) is 14.9. The monoisotopic (exact) mass is 804 g/mol. The molecule has 1 amide bonds. The minimum atomic E-state index is -1.62. The van der Waals surface area contributed by atoms with Gasteiger partial charge >= 0.3 is 5.69 Å². The van der Waals surface area contributed by atoms with Crippen LogP contribution in [0.4, 0.5) is 0 Å². The van der Waals surface area contributed by atoms with E-state index in [0.717, 1.165) is 16.7 Å². The standard InChI is InChI=1S/C43H57N4O9P/c1-9-46(10-2)57(54-26-14-17-38(48)45-42(4,5)6)56-36-27-39(47-28-30(3)40(49)44-41(47)50)55-37(36)29-53-43(31-15-12-11-13-16-31,32-18-22-34(51-7)23-19-32)33-20-24-35(52-8)25-21-33/h11-13,15-16,18-25,28,36-37,39H,9-10,14,17,26-27,29H2,1-8H3,(H,45,48)(H,44,49,50)/t36-,37+,39+,57?/m0/s1. The second-order valence-corrected chi connectivity index (χ2v) is 16.4. The van der Waals surface area contributed by atoms with E-state index in [4.69, 9.17) is 28.0 Å². The molecule has 0 spiro atoms. The summed E-state index contributed by atoms with van der Waals surface area (Å²) in [4.78, 5) is 40.5. The number of benzene rings is 3. The SMILES string of the molecule is CCN(CC)P(OCCCC(=O)NC(C)(C)C)O[C@H]1C[C@H](n2cc(C)c(=O)[nH]c2=O)O[C@@H]1COC(c1ccccc1)(c1ccc(OC)cc1)c1ccc(OC)cc1. The van der Waals surface area contributed by atoms with Gasteiger partial charge in [-0.15, -0.1) is 0 Å². The molecule has 0 aliphatic carbocycles. The van der Waals surface area contributed by atoms with E-state index in [-0.39, 0.29) is 24.5 Å². The maximum absolute atomic E-state index is 13.2. The lowest BCUT2D eigenvalue weighted by atomic mass is 9.80. The second kappa shape index (κ2) is 19.9. The van der Waals surface area contributed by atoms with E-state index in [0.29, 0.717) is 49.6 Å². The Labute approximate surface area is 336 Å². The zero-order valence-corrected chi connectivity index (χ0v) is 35.2. The number of carbonyl (C=O) groups excluding carboxylic acids is 1. The molecule has 1 unspecified atom stereocenters. The molecule has 14 heteroatoms. The van der Waals surface area contributed by atoms with E-state index >= 15 is 0 Å². The molecule has 1 saturated heterocycles. The van der Waals surface area contributed by atoms with Gasteiger partial charge in [0, 0.05) is 43.2 Å². The van der Waals surface area contributed by atoms with Crippen LogP contribution in [0.1, 0.15) is 82.4 Å². The molecule has 57 heavy (non-hydrogen) atoms. The van der Waals surface area contributed by atoms with Crippen molar-refractivity contribution in [2.75, 3.05) is 40.5 Å². The summed E-state index contributed by atoms with van der Waals surface area (Å²) in [5, 5.41) is 3.00. The zero-order chi connectivity index (χ0) is 41.2. The quantitative estimate of drug-likeness (QED) is 0.0589. The average Bonchev–Trinajstić information content (AvgIpc) is 3.60. The molecule has 3 aromatic carbocycles. The summed E-state index contributed by atoms with van der Waals surface area (Å²) in [5.41, 5.74) is 0.462. The smallest absolute Gasteiger partial charge is 0.330 e. The highest BCUT2D eigenvalue weighted by Gasteiger charge is 2.44. The Hall–Kier alpha value is -4.36. The average molecular weight is 805 g/mol. The van der Waals surface area contributed by atoms with Crippen LogP contribution in [0.2, 0.25) is 0 Å². The van der Waals surface area contributed by atoms with Crippen LogP contribution >= 0.6 is 8.53 Å². The molecule has 5 rings (SSSR count). The summed E-state index contributed by atoms with van der Waals surface area (Å²) in [5.74, 6) is 1.36. The van der Waals surface area contributed by atoms with Gasteiger partial charge in [0.15, 0.2) is 0 Å². The number of hydrogen-bond acceptors (Lipinski definition) is 10. The predicted molar refractivity (Wildman–Crippen MR) is 221 cm³/mol. The number of amides is 1. The number of nitrogens with zero attached hydrogens (tertiary/aromatic N) is 2. The van der Waals surface area contributed by atoms with Crippen molar-refractivity contribution in [3.8, 4) is 11.5 Å². The normalized spacial score (nSPS) is 17.7. The Kier molecular flexibility index (Phi) is 15.3. The largest absolute Gasteiger partial charge is 0.497 e. The lowest BCUT2D eigenvalue weighted by Crippen LogP contribution is -2.40. The van der Waals surface area contributed by atoms with E-state index in [1.807, 2.05) is 113 Å². The van der Waals surface area contributed by atoms with Gasteiger partial charge in [-0.25, -0.2) is 9.46 Å². The third kappa shape index (κ3) is 11.0. The van der Waals surface area contributed by atoms with E-state index < -0.39 is 43.8 Å². The van der Waals surface area contributed by atoms with Crippen molar-refractivity contribution in [2.45, 2.75) is 90.4 Å². The molecule has 13 nitrogen and oxygen atoms in total. The van der Waals surface area contributed by atoms with Gasteiger partial charge in [-0.05, 0) is 75.1 Å². The third-order valence-corrected chi connectivity index (χ3v) is 11.6. The van der Waals surface area contributed by atoms with Crippen LogP contribution in [0.25, 0.3) is 0 Å². The fourth-order valence-electron chi connectivity index (χ4n) is 6.82. The number of nitrogens with one attached hydrogen (secondary N) is 2. The Bertz CT molecular complexity index is 1950. The van der Waals surface area contributed by atoms with Gasteiger partial charge in [-0.2, -0.15) is 0 Å². The number of aromatic nitrogens is 2. The molecule has 1 aliphatic heterocycles. The molecule has 4 atom stereocenters. The molecular weight excluding hydrogens is 747 g/mol. The first-order valence-electron chi connectivity index (χ1n) is 19.4. The number of aryl methyl sites for hydroxylation is 1. The zero-order valence-electron chi connectivity index (χ0n) is 34.3. The van der Waals surface area contributed by atoms with Crippen molar-refractivity contribution in [3.63, 3.8) is 0 Å². The van der Waals surface area contributed by atoms with Gasteiger partial charge in [0.25, 0.3) is 14.1 Å². The Morgan fingerprint density at radius 1 is 0.912 bits per heavy atom. The lowest BCUT2D eigenvalue weighted by Gasteiger charge is -2.37. The van der Waals surface area contributed by atoms with Crippen LogP contribution in [-0.2, 0) is 28.9 Å². The summed E-state index contributed by atoms with van der Waals surface area (Å²) < 4.78 is 41.8. The number of aromatic amines is 1. The van der Waals surface area contributed by atoms with Crippen LogP contribution in [0.5, 0.6) is 11.5 Å². The summed E-state index contributed by atoms with van der Waals surface area (Å²) in [6.45, 7) is 13.2. The maximum Gasteiger partial charge on any atom is 0.330 e. The molecular formula is C43H57N4O9P. The summed E-state index contributed by atoms with van der Waals surface area (Å²) in [6, 6.07) is 25.5. The van der Waals surface area contributed by atoms with Crippen LogP contribution in [0.3, 0.4) is 0 Å². The fourth-order valence-corrected chi connectivity index (χ4v) is 8.38. The van der Waals surface area contributed by atoms with E-state index in [1.165, 1.54) is 10.8 Å². The molecule has 1 fully saturated rings. The van der Waals surface area contributed by atoms with Crippen molar-refractivity contribution >= 4 is 14.4 Å². The van der Waals surface area contributed by atoms with E-state index in [1.54, 1.807) is 21.1 Å². The van der Waals surface area contributed by atoms with Crippen molar-refractivity contribution < 1.29 is 32.8 Å². The number of carbonyl (C=O) groups is 1. The van der Waals surface area contributed by atoms with Gasteiger partial charge in [-0.1, -0.05) is 68.4 Å². The maximum atomic E-state index is 13.2. The first-order valence-corrected chi connectivity index (χ1v) is 20.6. The van der Waals surface area contributed by atoms with E-state index in [9.17, 15) is 14.4 Å². The van der Waals surface area contributed by atoms with Crippen LogP contribution in [-0.4, -0.2) is 78.4 Å². The number of methoxy groups -OCH3 is 2. The summed E-state index contributed by atoms with van der Waals surface area (Å²) in [7, 11) is 1.64. The Morgan fingerprint density at radius 3 is 2.04 bits per heavy atom. The van der Waals surface area contributed by atoms with Gasteiger partial charge in [-0.3, -0.25) is 19.1 Å². The fraction of sp³-hybridized carbons (Fsp3) is 0.465. The predicted octanol–water partition coefficient (Wildman–Crippen LogP) is 6.82. The van der Waals surface area contributed by atoms with Crippen molar-refractivity contribution in [1.29, 1.82) is 0 Å². The minimum Gasteiger partial charge on any atom is -0.497 e. The Balaban J connectivity index is 1.52. The summed E-state index contributed by atoms with van der Waals surface area (Å²) in [6.07, 6.45) is 0.574. The molecule has 1 aromatic heterocycles. The molecule has 0 saturated carbocycles. The number of rotatable bonds is 19. The number of hydrogen-bond donors (Lipinski definition) is 2. The van der Waals surface area contributed by atoms with E-state index in [2.05, 4.69) is 15.0 Å². The lowest BCUT2D eigenvalue weighted by molar-refractivity contribution is -0.122. The third-order valence-electron chi connectivity index (χ3n) is 9.73. The molecule has 2 N–H and O–H groups in total. The first kappa shape index (κ1) is 43.8. The number of ether oxygens (including phenoxy) is 4. The number of H-pyrrole nitrogens is 1. The summed E-state index contributed by atoms with van der Waals surface area (Å²) >= 11 is 0. The van der Waals surface area contributed by atoms with Crippen LogP contribution in [0.15, 0.2) is 94.6 Å². The highest BCUT2D eigenvalue weighted by Crippen LogP contribution is 2.48. The highest BCUT2D eigenvalue weighted by atomic mass is 31.2. The van der Waals surface area contributed by atoms with Crippen LogP contribution in [0, 0.1) is 6.92 Å². The molecule has 0 bridgehead atoms. The Morgan fingerprint density at radius 2 is 1.49 bits per heavy atom. The van der Waals surface area contributed by atoms with Gasteiger partial charge in [0.05, 0.1) is 33.5 Å². The molecule has 2 heterocycles. The van der Waals surface area contributed by atoms with Gasteiger partial charge in [0.1, 0.15) is 29.4 Å². The van der Waals surface area contributed by atoms with Gasteiger partial charge < -0.3 is 33.3 Å². The van der Waals surface area contributed by atoms with Gasteiger partial charge in [0.2, 0.25) is 5.91 Å². The minimum absolute atomic E-state index is 0.0410. The van der Waals surface area contributed by atoms with Crippen LogP contribution < -0.4 is 26.0 Å². The topological polar surface area (TPSA) is 143 Å². The molecule has 1 aliphatic rings. The van der Waals surface area contributed by atoms with Crippen molar-refractivity contribution in [3.05, 3.63) is 128 Å². The molecule has 0 radical (unpaired) electrons. The van der Waals surface area contributed by atoms with Crippen molar-refractivity contribution in [2.24, 2.45) is 0 Å². The molecule has 4 aromatic rings. The highest BCUT2D eigenvalue weighted by molar-refractivity contribution is 7.44. The van der Waals surface area contributed by atoms with Crippen molar-refractivity contribution in [1.82, 2.24) is 19.5 Å². The first-order chi connectivity index (χ1) is 27.3. The molecule has 308 valence electrons.